The van der Waals surface area contributed by atoms with E-state index in [9.17, 15) is 0 Å². The van der Waals surface area contributed by atoms with Gasteiger partial charge in [-0.15, -0.1) is 11.3 Å². The van der Waals surface area contributed by atoms with Gasteiger partial charge in [-0.2, -0.15) is 0 Å². The fourth-order valence-electron chi connectivity index (χ4n) is 8.14. The largest absolute Gasteiger partial charge is 0.456 e. The van der Waals surface area contributed by atoms with E-state index in [1.807, 2.05) is 11.3 Å². The molecule has 1 nitrogen and oxygen atoms in total. The van der Waals surface area contributed by atoms with Gasteiger partial charge in [0.25, 0.3) is 0 Å². The summed E-state index contributed by atoms with van der Waals surface area (Å²) in [6.07, 6.45) is 0. The lowest BCUT2D eigenvalue weighted by molar-refractivity contribution is 0.669. The Morgan fingerprint density at radius 3 is 1.70 bits per heavy atom. The molecule has 0 amide bonds. The summed E-state index contributed by atoms with van der Waals surface area (Å²) in [4.78, 5) is 0. The van der Waals surface area contributed by atoms with E-state index in [0.29, 0.717) is 0 Å². The molecule has 46 heavy (non-hydrogen) atoms. The number of furan rings is 1. The van der Waals surface area contributed by atoms with Gasteiger partial charge >= 0.3 is 0 Å². The van der Waals surface area contributed by atoms with E-state index in [2.05, 4.69) is 146 Å². The molecule has 2 heterocycles. The Hall–Kier alpha value is -5.70. The highest BCUT2D eigenvalue weighted by molar-refractivity contribution is 7.26. The van der Waals surface area contributed by atoms with E-state index >= 15 is 0 Å². The smallest absolute Gasteiger partial charge is 0.136 e. The Labute approximate surface area is 267 Å². The van der Waals surface area contributed by atoms with E-state index in [1.54, 1.807) is 0 Å². The summed E-state index contributed by atoms with van der Waals surface area (Å²) < 4.78 is 9.04. The molecular weight excluding hydrogens is 577 g/mol. The van der Waals surface area contributed by atoms with Crippen LogP contribution in [0.4, 0.5) is 0 Å². The molecule has 0 aliphatic carbocycles. The second-order valence-electron chi connectivity index (χ2n) is 12.3. The number of thiophene rings is 1. The van der Waals surface area contributed by atoms with Crippen LogP contribution in [0.1, 0.15) is 0 Å². The molecule has 0 atom stereocenters. The van der Waals surface area contributed by atoms with Crippen LogP contribution >= 0.6 is 11.3 Å². The van der Waals surface area contributed by atoms with E-state index in [4.69, 9.17) is 4.42 Å². The lowest BCUT2D eigenvalue weighted by Crippen LogP contribution is -1.93. The molecule has 0 radical (unpaired) electrons. The van der Waals surface area contributed by atoms with E-state index < -0.39 is 0 Å². The highest BCUT2D eigenvalue weighted by Crippen LogP contribution is 2.52. The SMILES string of the molecule is c1ccc2c(-c3c4ccccc4c(-c4cc5cccc6oc7cccc4c7c56)c4ccccc34)c3sc4ccccc4c3cc2c1. The quantitative estimate of drug-likeness (QED) is 0.142. The molecule has 2 heteroatoms. The maximum atomic E-state index is 6.36. The molecule has 9 aromatic carbocycles. The monoisotopic (exact) mass is 600 g/mol. The van der Waals surface area contributed by atoms with Crippen molar-refractivity contribution in [2.45, 2.75) is 0 Å². The van der Waals surface area contributed by atoms with Gasteiger partial charge in [0.1, 0.15) is 11.2 Å². The third-order valence-corrected chi connectivity index (χ3v) is 11.2. The molecule has 0 unspecified atom stereocenters. The Balaban J connectivity index is 1.37. The van der Waals surface area contributed by atoms with Crippen LogP contribution in [0.2, 0.25) is 0 Å². The molecule has 0 aliphatic rings. The summed E-state index contributed by atoms with van der Waals surface area (Å²) in [7, 11) is 0. The zero-order valence-corrected chi connectivity index (χ0v) is 25.5. The molecule has 0 spiro atoms. The highest BCUT2D eigenvalue weighted by Gasteiger charge is 2.24. The Morgan fingerprint density at radius 2 is 0.935 bits per heavy atom. The number of benzene rings is 9. The van der Waals surface area contributed by atoms with Crippen LogP contribution in [-0.4, -0.2) is 0 Å². The second-order valence-corrected chi connectivity index (χ2v) is 13.4. The van der Waals surface area contributed by atoms with Crippen LogP contribution in [0, 0.1) is 0 Å². The summed E-state index contributed by atoms with van der Waals surface area (Å²) in [5, 5.41) is 15.2. The van der Waals surface area contributed by atoms with Crippen molar-refractivity contribution < 1.29 is 4.42 Å². The molecule has 0 saturated heterocycles. The first-order valence-corrected chi connectivity index (χ1v) is 16.6. The topological polar surface area (TPSA) is 13.1 Å². The van der Waals surface area contributed by atoms with Crippen LogP contribution in [-0.2, 0) is 0 Å². The van der Waals surface area contributed by atoms with Crippen molar-refractivity contribution in [3.05, 3.63) is 146 Å². The first-order chi connectivity index (χ1) is 22.8. The Morgan fingerprint density at radius 1 is 0.370 bits per heavy atom. The number of hydrogen-bond acceptors (Lipinski definition) is 2. The van der Waals surface area contributed by atoms with Gasteiger partial charge in [-0.25, -0.2) is 0 Å². The summed E-state index contributed by atoms with van der Waals surface area (Å²) in [6, 6.07) is 53.5. The number of rotatable bonds is 2. The van der Waals surface area contributed by atoms with Crippen molar-refractivity contribution in [2.24, 2.45) is 0 Å². The zero-order valence-electron chi connectivity index (χ0n) is 24.7. The maximum Gasteiger partial charge on any atom is 0.136 e. The van der Waals surface area contributed by atoms with Gasteiger partial charge in [-0.05, 0) is 90.1 Å². The lowest BCUT2D eigenvalue weighted by Gasteiger charge is -2.20. The minimum absolute atomic E-state index is 0.943. The van der Waals surface area contributed by atoms with Crippen molar-refractivity contribution in [2.75, 3.05) is 0 Å². The lowest BCUT2D eigenvalue weighted by atomic mass is 9.82. The van der Waals surface area contributed by atoms with Gasteiger partial charge in [-0.3, -0.25) is 0 Å². The molecule has 0 fully saturated rings. The first-order valence-electron chi connectivity index (χ1n) is 15.8. The number of hydrogen-bond donors (Lipinski definition) is 0. The van der Waals surface area contributed by atoms with Crippen LogP contribution < -0.4 is 0 Å². The van der Waals surface area contributed by atoms with Crippen LogP contribution in [0.15, 0.2) is 150 Å². The van der Waals surface area contributed by atoms with Crippen molar-refractivity contribution in [3.63, 3.8) is 0 Å². The average Bonchev–Trinajstić information content (AvgIpc) is 3.68. The van der Waals surface area contributed by atoms with Gasteiger partial charge in [0.2, 0.25) is 0 Å². The molecule has 0 aliphatic heterocycles. The van der Waals surface area contributed by atoms with E-state index in [0.717, 1.165) is 11.2 Å². The minimum Gasteiger partial charge on any atom is -0.456 e. The summed E-state index contributed by atoms with van der Waals surface area (Å²) in [6.45, 7) is 0. The Kier molecular flexibility index (Phi) is 4.78. The highest BCUT2D eigenvalue weighted by atomic mass is 32.1. The first kappa shape index (κ1) is 24.6. The van der Waals surface area contributed by atoms with Crippen molar-refractivity contribution in [1.82, 2.24) is 0 Å². The summed E-state index contributed by atoms with van der Waals surface area (Å²) in [5.41, 5.74) is 7.05. The molecule has 0 bridgehead atoms. The van der Waals surface area contributed by atoms with Gasteiger partial charge in [0.15, 0.2) is 0 Å². The molecule has 0 saturated carbocycles. The minimum atomic E-state index is 0.943. The van der Waals surface area contributed by atoms with Crippen LogP contribution in [0.5, 0.6) is 0 Å². The second kappa shape index (κ2) is 8.94. The van der Waals surface area contributed by atoms with Crippen LogP contribution in [0.25, 0.3) is 107 Å². The number of fused-ring (bicyclic) bond motifs is 6. The zero-order chi connectivity index (χ0) is 29.9. The predicted octanol–water partition coefficient (Wildman–Crippen LogP) is 13.3. The molecule has 11 rings (SSSR count). The van der Waals surface area contributed by atoms with Gasteiger partial charge in [0.05, 0.1) is 0 Å². The Bertz CT molecular complexity index is 2970. The van der Waals surface area contributed by atoms with Crippen LogP contribution in [0.3, 0.4) is 0 Å². The predicted molar refractivity (Wildman–Crippen MR) is 199 cm³/mol. The molecule has 2 aromatic heterocycles. The fraction of sp³-hybridized carbons (Fsp3) is 0. The van der Waals surface area contributed by atoms with Gasteiger partial charge < -0.3 is 4.42 Å². The van der Waals surface area contributed by atoms with Gasteiger partial charge in [0, 0.05) is 36.5 Å². The fourth-order valence-corrected chi connectivity index (χ4v) is 9.38. The van der Waals surface area contributed by atoms with E-state index in [1.165, 1.54) is 96.3 Å². The maximum absolute atomic E-state index is 6.36. The third kappa shape index (κ3) is 3.14. The summed E-state index contributed by atoms with van der Waals surface area (Å²) in [5.74, 6) is 0. The molecule has 212 valence electrons. The summed E-state index contributed by atoms with van der Waals surface area (Å²) >= 11 is 1.91. The molecule has 11 aromatic rings. The third-order valence-electron chi connectivity index (χ3n) is 9.99. The molecular formula is C44H24OS. The normalized spacial score (nSPS) is 12.3. The molecule has 0 N–H and O–H groups in total. The standard InChI is InChI=1S/C44H24OS/c1-2-13-27-25(11-1)23-35-28-14-7-8-22-38(28)46-44(35)43(27)41-31-17-5-3-15-29(31)40(30-16-4-6-18-32(30)41)34-24-26-12-9-20-36-39(26)42-33(34)19-10-21-37(42)45-36/h1-24H. The van der Waals surface area contributed by atoms with E-state index in [-0.39, 0.29) is 0 Å². The van der Waals surface area contributed by atoms with Crippen molar-refractivity contribution in [1.29, 1.82) is 0 Å². The average molecular weight is 601 g/mol. The van der Waals surface area contributed by atoms with Gasteiger partial charge in [-0.1, -0.05) is 115 Å². The van der Waals surface area contributed by atoms with Crippen molar-refractivity contribution in [3.8, 4) is 22.3 Å². The van der Waals surface area contributed by atoms with Crippen molar-refractivity contribution >= 4 is 96.5 Å².